The molecule has 1 aliphatic carbocycles. The highest BCUT2D eigenvalue weighted by Gasteiger charge is 2.47. The molecule has 1 aliphatic rings. The summed E-state index contributed by atoms with van der Waals surface area (Å²) in [6, 6.07) is 21.0. The molecule has 1 N–H and O–H groups in total. The molecule has 0 amide bonds. The smallest absolute Gasteiger partial charge is 0.310 e. The van der Waals surface area contributed by atoms with Gasteiger partial charge in [0.1, 0.15) is 0 Å². The maximum absolute atomic E-state index is 12.1. The number of rotatable bonds is 4. The maximum atomic E-state index is 12.1. The second-order valence-corrected chi connectivity index (χ2v) is 8.92. The van der Waals surface area contributed by atoms with Crippen LogP contribution in [0.2, 0.25) is 0 Å². The molecule has 0 bridgehead atoms. The predicted molar refractivity (Wildman–Crippen MR) is 97.1 cm³/mol. The average Bonchev–Trinajstić information content (AvgIpc) is 2.59. The first-order valence-electron chi connectivity index (χ1n) is 8.25. The van der Waals surface area contributed by atoms with Crippen LogP contribution in [0.25, 0.3) is 0 Å². The van der Waals surface area contributed by atoms with E-state index < -0.39 is 19.3 Å². The molecule has 23 heavy (non-hydrogen) atoms. The summed E-state index contributed by atoms with van der Waals surface area (Å²) in [6.07, 6.45) is 3.93. The van der Waals surface area contributed by atoms with Gasteiger partial charge in [-0.25, -0.2) is 0 Å². The van der Waals surface area contributed by atoms with Crippen LogP contribution in [-0.4, -0.2) is 16.7 Å². The molecule has 2 nitrogen and oxygen atoms in total. The molecule has 0 saturated heterocycles. The molecular weight excluding hydrogens is 303 g/mol. The van der Waals surface area contributed by atoms with Gasteiger partial charge in [-0.2, -0.15) is 0 Å². The highest BCUT2D eigenvalue weighted by molar-refractivity contribution is 7.73. The van der Waals surface area contributed by atoms with Crippen molar-refractivity contribution in [1.82, 2.24) is 0 Å². The number of hydrogen-bond donors (Lipinski definition) is 1. The van der Waals surface area contributed by atoms with Gasteiger partial charge in [0.2, 0.25) is 0 Å². The van der Waals surface area contributed by atoms with Crippen LogP contribution in [-0.2, 0) is 4.79 Å². The molecule has 1 fully saturated rings. The van der Waals surface area contributed by atoms with Gasteiger partial charge in [0.25, 0.3) is 0 Å². The van der Waals surface area contributed by atoms with Crippen molar-refractivity contribution >= 4 is 24.5 Å². The third-order valence-electron chi connectivity index (χ3n) is 5.03. The fourth-order valence-electron chi connectivity index (χ4n) is 3.66. The number of aliphatic carboxylic acids is 1. The molecule has 2 unspecified atom stereocenters. The van der Waals surface area contributed by atoms with Gasteiger partial charge in [-0.3, -0.25) is 4.79 Å². The predicted octanol–water partition coefficient (Wildman–Crippen LogP) is 4.15. The Morgan fingerprint density at radius 3 is 2.00 bits per heavy atom. The summed E-state index contributed by atoms with van der Waals surface area (Å²) in [5.41, 5.74) is -0.441. The zero-order chi connectivity index (χ0) is 16.3. The van der Waals surface area contributed by atoms with Gasteiger partial charge in [0, 0.05) is 5.66 Å². The van der Waals surface area contributed by atoms with E-state index in [-0.39, 0.29) is 5.66 Å². The number of carboxylic acids is 1. The average molecular weight is 326 g/mol. The van der Waals surface area contributed by atoms with Crippen LogP contribution in [0.1, 0.15) is 32.6 Å². The molecule has 2 aromatic carbocycles. The zero-order valence-corrected chi connectivity index (χ0v) is 14.4. The van der Waals surface area contributed by atoms with Crippen molar-refractivity contribution in [3.63, 3.8) is 0 Å². The summed E-state index contributed by atoms with van der Waals surface area (Å²) in [4.78, 5) is 12.1. The summed E-state index contributed by atoms with van der Waals surface area (Å²) in [6.45, 7) is 1.96. The van der Waals surface area contributed by atoms with Crippen molar-refractivity contribution in [2.75, 3.05) is 0 Å². The van der Waals surface area contributed by atoms with Gasteiger partial charge in [0.05, 0.1) is 5.41 Å². The maximum Gasteiger partial charge on any atom is 0.310 e. The summed E-state index contributed by atoms with van der Waals surface area (Å²) >= 11 is 0. The topological polar surface area (TPSA) is 37.3 Å². The quantitative estimate of drug-likeness (QED) is 0.857. The monoisotopic (exact) mass is 326 g/mol. The summed E-state index contributed by atoms with van der Waals surface area (Å²) in [5, 5.41) is 12.5. The molecule has 2 aromatic rings. The minimum atomic E-state index is -0.670. The van der Waals surface area contributed by atoms with Gasteiger partial charge < -0.3 is 5.11 Å². The van der Waals surface area contributed by atoms with Gasteiger partial charge in [-0.05, 0) is 38.3 Å². The van der Waals surface area contributed by atoms with E-state index in [0.29, 0.717) is 0 Å². The Labute approximate surface area is 139 Å². The van der Waals surface area contributed by atoms with E-state index >= 15 is 0 Å². The van der Waals surface area contributed by atoms with Crippen LogP contribution in [0.4, 0.5) is 0 Å². The fourth-order valence-corrected chi connectivity index (χ4v) is 6.92. The lowest BCUT2D eigenvalue weighted by Crippen LogP contribution is -2.44. The van der Waals surface area contributed by atoms with Crippen LogP contribution in [0.3, 0.4) is 0 Å². The van der Waals surface area contributed by atoms with Crippen molar-refractivity contribution < 1.29 is 9.90 Å². The third-order valence-corrected chi connectivity index (χ3v) is 8.19. The van der Waals surface area contributed by atoms with Gasteiger partial charge >= 0.3 is 5.97 Å². The first-order valence-corrected chi connectivity index (χ1v) is 9.67. The molecule has 2 atom stereocenters. The highest BCUT2D eigenvalue weighted by atomic mass is 31.1. The lowest BCUT2D eigenvalue weighted by atomic mass is 9.75. The summed E-state index contributed by atoms with van der Waals surface area (Å²) in [5.74, 6) is -0.637. The lowest BCUT2D eigenvalue weighted by molar-refractivity contribution is -0.149. The highest BCUT2D eigenvalue weighted by Crippen LogP contribution is 2.54. The number of carbonyl (C=O) groups is 1. The molecular formula is C20H23O2P. The largest absolute Gasteiger partial charge is 0.481 e. The van der Waals surface area contributed by atoms with E-state index in [4.69, 9.17) is 0 Å². The molecule has 0 aliphatic heterocycles. The Balaban J connectivity index is 2.09. The minimum absolute atomic E-state index is 0.188. The van der Waals surface area contributed by atoms with Crippen molar-refractivity contribution in [3.05, 3.63) is 60.7 Å². The second kappa shape index (κ2) is 6.84. The first kappa shape index (κ1) is 16.2. The van der Waals surface area contributed by atoms with Crippen LogP contribution in [0.5, 0.6) is 0 Å². The first-order chi connectivity index (χ1) is 11.1. The van der Waals surface area contributed by atoms with E-state index in [1.807, 2.05) is 19.1 Å². The molecule has 1 saturated carbocycles. The Kier molecular flexibility index (Phi) is 4.82. The second-order valence-electron chi connectivity index (χ2n) is 6.53. The molecule has 0 heterocycles. The lowest BCUT2D eigenvalue weighted by Gasteiger charge is -2.43. The van der Waals surface area contributed by atoms with E-state index in [2.05, 4.69) is 48.5 Å². The fraction of sp³-hybridized carbons (Fsp3) is 0.350. The van der Waals surface area contributed by atoms with Gasteiger partial charge in [0.15, 0.2) is 0 Å². The van der Waals surface area contributed by atoms with Crippen LogP contribution in [0, 0.1) is 5.41 Å². The third kappa shape index (κ3) is 3.19. The van der Waals surface area contributed by atoms with Crippen LogP contribution < -0.4 is 10.6 Å². The van der Waals surface area contributed by atoms with Crippen LogP contribution >= 0.6 is 7.92 Å². The SMILES string of the molecule is CC1(C(=O)O)CCCCC1P(c1ccccc1)c1ccccc1. The molecule has 0 spiro atoms. The molecule has 3 heteroatoms. The number of carboxylic acid groups (broad SMARTS) is 1. The summed E-state index contributed by atoms with van der Waals surface area (Å²) < 4.78 is 0. The molecule has 0 radical (unpaired) electrons. The van der Waals surface area contributed by atoms with E-state index in [1.54, 1.807) is 0 Å². The minimum Gasteiger partial charge on any atom is -0.481 e. The normalized spacial score (nSPS) is 24.5. The summed E-state index contributed by atoms with van der Waals surface area (Å²) in [7, 11) is -0.670. The van der Waals surface area contributed by atoms with Crippen LogP contribution in [0.15, 0.2) is 60.7 Å². The molecule has 0 aromatic heterocycles. The Morgan fingerprint density at radius 1 is 1.00 bits per heavy atom. The van der Waals surface area contributed by atoms with E-state index in [1.165, 1.54) is 10.6 Å². The van der Waals surface area contributed by atoms with Crippen molar-refractivity contribution in [1.29, 1.82) is 0 Å². The zero-order valence-electron chi connectivity index (χ0n) is 13.5. The molecule has 3 rings (SSSR count). The van der Waals surface area contributed by atoms with Gasteiger partial charge in [-0.1, -0.05) is 73.5 Å². The molecule has 120 valence electrons. The Morgan fingerprint density at radius 2 is 1.52 bits per heavy atom. The van der Waals surface area contributed by atoms with E-state index in [9.17, 15) is 9.90 Å². The standard InChI is InChI=1S/C20H23O2P/c1-20(19(21)22)15-9-8-14-18(20)23(16-10-4-2-5-11-16)17-12-6-3-7-13-17/h2-7,10-13,18H,8-9,14-15H2,1H3,(H,21,22). The van der Waals surface area contributed by atoms with Crippen molar-refractivity contribution in [3.8, 4) is 0 Å². The van der Waals surface area contributed by atoms with Crippen molar-refractivity contribution in [2.24, 2.45) is 5.41 Å². The van der Waals surface area contributed by atoms with E-state index in [0.717, 1.165) is 25.7 Å². The van der Waals surface area contributed by atoms with Gasteiger partial charge in [-0.15, -0.1) is 0 Å². The number of hydrogen-bond acceptors (Lipinski definition) is 1. The van der Waals surface area contributed by atoms with Crippen molar-refractivity contribution in [2.45, 2.75) is 38.3 Å². The Bertz CT molecular complexity index is 616. The number of benzene rings is 2. The Hall–Kier alpha value is -1.66.